The molecule has 4 N–H and O–H groups in total. The SMILES string of the molecule is COc1ccc2c(c1)CC[C@@H](NC(=O)CC(C)(C)NC[C@@H](C)O)C(=O)N2Cc1ccc(-c2ccccc2S(=O)(=O)NC(=O)c2ccccc2)cc1. The summed E-state index contributed by atoms with van der Waals surface area (Å²) in [7, 11) is -2.63. The van der Waals surface area contributed by atoms with Crippen LogP contribution in [0, 0.1) is 0 Å². The third-order valence-electron chi connectivity index (χ3n) is 8.70. The fourth-order valence-electron chi connectivity index (χ4n) is 6.05. The highest BCUT2D eigenvalue weighted by Gasteiger charge is 2.33. The molecule has 2 atom stereocenters. The first-order valence-electron chi connectivity index (χ1n) is 16.8. The van der Waals surface area contributed by atoms with Gasteiger partial charge in [-0.1, -0.05) is 60.7 Å². The zero-order chi connectivity index (χ0) is 36.8. The van der Waals surface area contributed by atoms with Crippen LogP contribution >= 0.6 is 0 Å². The zero-order valence-corrected chi connectivity index (χ0v) is 30.0. The minimum atomic E-state index is -4.22. The molecule has 51 heavy (non-hydrogen) atoms. The van der Waals surface area contributed by atoms with Crippen LogP contribution in [-0.2, 0) is 32.6 Å². The quantitative estimate of drug-likeness (QED) is 0.157. The highest BCUT2D eigenvalue weighted by Crippen LogP contribution is 2.33. The largest absolute Gasteiger partial charge is 0.497 e. The van der Waals surface area contributed by atoms with Gasteiger partial charge in [-0.05, 0) is 86.7 Å². The molecular weight excluding hydrogens is 669 g/mol. The molecule has 0 fully saturated rings. The topological polar surface area (TPSA) is 154 Å². The lowest BCUT2D eigenvalue weighted by Crippen LogP contribution is -2.51. The number of sulfonamides is 1. The van der Waals surface area contributed by atoms with Crippen molar-refractivity contribution in [2.24, 2.45) is 0 Å². The summed E-state index contributed by atoms with van der Waals surface area (Å²) < 4.78 is 34.4. The average molecular weight is 713 g/mol. The predicted octanol–water partition coefficient (Wildman–Crippen LogP) is 4.58. The summed E-state index contributed by atoms with van der Waals surface area (Å²) in [6.07, 6.45) is 0.477. The van der Waals surface area contributed by atoms with Crippen molar-refractivity contribution < 1.29 is 32.6 Å². The van der Waals surface area contributed by atoms with Crippen molar-refractivity contribution in [1.29, 1.82) is 0 Å². The number of amides is 3. The Kier molecular flexibility index (Phi) is 11.6. The number of ether oxygens (including phenoxy) is 1. The second kappa shape index (κ2) is 15.9. The van der Waals surface area contributed by atoms with Crippen LogP contribution in [0.5, 0.6) is 5.75 Å². The van der Waals surface area contributed by atoms with Crippen LogP contribution in [0.4, 0.5) is 5.69 Å². The first kappa shape index (κ1) is 37.2. The van der Waals surface area contributed by atoms with E-state index in [0.29, 0.717) is 42.0 Å². The molecule has 3 amide bonds. The molecule has 1 aliphatic heterocycles. The van der Waals surface area contributed by atoms with Gasteiger partial charge in [0.15, 0.2) is 0 Å². The smallest absolute Gasteiger partial charge is 0.264 e. The number of hydrogen-bond acceptors (Lipinski definition) is 8. The Morgan fingerprint density at radius 3 is 2.35 bits per heavy atom. The number of carbonyl (C=O) groups is 3. The Morgan fingerprint density at radius 2 is 1.67 bits per heavy atom. The van der Waals surface area contributed by atoms with E-state index in [2.05, 4.69) is 15.4 Å². The number of nitrogens with one attached hydrogen (secondary N) is 3. The van der Waals surface area contributed by atoms with E-state index in [1.165, 1.54) is 18.2 Å². The first-order valence-corrected chi connectivity index (χ1v) is 18.3. The van der Waals surface area contributed by atoms with Crippen molar-refractivity contribution in [3.63, 3.8) is 0 Å². The molecule has 268 valence electrons. The fraction of sp³-hybridized carbons (Fsp3) is 0.308. The predicted molar refractivity (Wildman–Crippen MR) is 196 cm³/mol. The number of aryl methyl sites for hydroxylation is 1. The summed E-state index contributed by atoms with van der Waals surface area (Å²) >= 11 is 0. The number of hydrogen-bond donors (Lipinski definition) is 4. The van der Waals surface area contributed by atoms with Crippen molar-refractivity contribution in [1.82, 2.24) is 15.4 Å². The van der Waals surface area contributed by atoms with E-state index in [9.17, 15) is 27.9 Å². The van der Waals surface area contributed by atoms with Crippen molar-refractivity contribution in [2.45, 2.75) is 69.2 Å². The number of aliphatic hydroxyl groups excluding tert-OH is 1. The molecule has 0 unspecified atom stereocenters. The Balaban J connectivity index is 1.38. The monoisotopic (exact) mass is 712 g/mol. The van der Waals surface area contributed by atoms with Crippen LogP contribution in [0.1, 0.15) is 55.1 Å². The minimum Gasteiger partial charge on any atom is -0.497 e. The Labute approximate surface area is 299 Å². The van der Waals surface area contributed by atoms with Crippen molar-refractivity contribution >= 4 is 33.4 Å². The highest BCUT2D eigenvalue weighted by atomic mass is 32.2. The molecule has 0 saturated carbocycles. The third kappa shape index (κ3) is 9.40. The number of β-amino-alcohol motifs (C(OH)–C–C–N with tert-alkyl or cyclic N) is 1. The van der Waals surface area contributed by atoms with Crippen LogP contribution in [0.25, 0.3) is 11.1 Å². The van der Waals surface area contributed by atoms with Crippen LogP contribution in [0.15, 0.2) is 102 Å². The maximum absolute atomic E-state index is 14.1. The lowest BCUT2D eigenvalue weighted by molar-refractivity contribution is -0.128. The van der Waals surface area contributed by atoms with Gasteiger partial charge >= 0.3 is 0 Å². The average Bonchev–Trinajstić information content (AvgIpc) is 3.23. The molecule has 1 heterocycles. The number of nitrogens with zero attached hydrogens (tertiary/aromatic N) is 1. The van der Waals surface area contributed by atoms with Gasteiger partial charge in [0.05, 0.1) is 24.7 Å². The van der Waals surface area contributed by atoms with Gasteiger partial charge in [-0.2, -0.15) is 0 Å². The number of benzene rings is 4. The third-order valence-corrected chi connectivity index (χ3v) is 10.1. The molecule has 1 aliphatic rings. The van der Waals surface area contributed by atoms with Crippen LogP contribution in [0.2, 0.25) is 0 Å². The number of methoxy groups -OCH3 is 1. The van der Waals surface area contributed by atoms with Gasteiger partial charge in [0.1, 0.15) is 11.8 Å². The molecule has 0 spiro atoms. The summed E-state index contributed by atoms with van der Waals surface area (Å²) in [5.74, 6) is -0.603. The van der Waals surface area contributed by atoms with Crippen LogP contribution in [-0.4, -0.2) is 62.6 Å². The number of anilines is 1. The number of carbonyl (C=O) groups excluding carboxylic acids is 3. The molecule has 0 aromatic heterocycles. The van der Waals surface area contributed by atoms with E-state index in [1.54, 1.807) is 73.5 Å². The van der Waals surface area contributed by atoms with Crippen molar-refractivity contribution in [2.75, 3.05) is 18.6 Å². The standard InChI is InChI=1S/C39H44N4O7S/c1-26(44)24-40-39(2,3)23-36(45)41-33-20-18-30-22-31(50-4)19-21-34(30)43(38(33)47)25-27-14-16-28(17-15-27)32-12-8-9-13-35(32)51(48,49)42-37(46)29-10-6-5-7-11-29/h5-17,19,21-22,26,33,40,44H,18,20,23-25H2,1-4H3,(H,41,45)(H,42,46)/t26-,33-/m1/s1. The summed E-state index contributed by atoms with van der Waals surface area (Å²) in [5.41, 5.74) is 3.05. The van der Waals surface area contributed by atoms with Crippen LogP contribution in [0.3, 0.4) is 0 Å². The van der Waals surface area contributed by atoms with Crippen molar-refractivity contribution in [3.8, 4) is 16.9 Å². The minimum absolute atomic E-state index is 0.0459. The van der Waals surface area contributed by atoms with Gasteiger partial charge in [-0.25, -0.2) is 13.1 Å². The van der Waals surface area contributed by atoms with E-state index >= 15 is 0 Å². The van der Waals surface area contributed by atoms with Gasteiger partial charge in [0.2, 0.25) is 11.8 Å². The number of aliphatic hydroxyl groups is 1. The van der Waals surface area contributed by atoms with E-state index in [-0.39, 0.29) is 35.2 Å². The maximum atomic E-state index is 14.1. The Morgan fingerprint density at radius 1 is 0.980 bits per heavy atom. The van der Waals surface area contributed by atoms with Gasteiger partial charge in [0.25, 0.3) is 15.9 Å². The Hall–Kier alpha value is -5.04. The second-order valence-corrected chi connectivity index (χ2v) is 15.0. The summed E-state index contributed by atoms with van der Waals surface area (Å²) in [4.78, 5) is 41.7. The fourth-order valence-corrected chi connectivity index (χ4v) is 7.26. The molecule has 4 aromatic rings. The van der Waals surface area contributed by atoms with Crippen molar-refractivity contribution in [3.05, 3.63) is 114 Å². The maximum Gasteiger partial charge on any atom is 0.264 e. The molecule has 0 aliphatic carbocycles. The molecule has 12 heteroatoms. The summed E-state index contributed by atoms with van der Waals surface area (Å²) in [5, 5.41) is 15.8. The molecule has 5 rings (SSSR count). The molecule has 0 bridgehead atoms. The van der Waals surface area contributed by atoms with Gasteiger partial charge < -0.3 is 25.4 Å². The normalized spacial score (nSPS) is 15.4. The Bertz CT molecular complexity index is 1980. The lowest BCUT2D eigenvalue weighted by atomic mass is 9.99. The van der Waals surface area contributed by atoms with Crippen LogP contribution < -0.4 is 25.0 Å². The number of rotatable bonds is 13. The van der Waals surface area contributed by atoms with E-state index in [1.807, 2.05) is 38.1 Å². The molecule has 4 aromatic carbocycles. The first-order chi connectivity index (χ1) is 24.3. The lowest BCUT2D eigenvalue weighted by Gasteiger charge is -2.29. The molecular formula is C39H44N4O7S. The zero-order valence-electron chi connectivity index (χ0n) is 29.2. The summed E-state index contributed by atoms with van der Waals surface area (Å²) in [6, 6.07) is 26.5. The second-order valence-electron chi connectivity index (χ2n) is 13.4. The molecule has 0 radical (unpaired) electrons. The van der Waals surface area contributed by atoms with E-state index < -0.39 is 33.6 Å². The van der Waals surface area contributed by atoms with E-state index in [0.717, 1.165) is 11.1 Å². The van der Waals surface area contributed by atoms with Gasteiger partial charge in [-0.15, -0.1) is 0 Å². The number of fused-ring (bicyclic) bond motifs is 1. The van der Waals surface area contributed by atoms with Gasteiger partial charge in [-0.3, -0.25) is 14.4 Å². The summed E-state index contributed by atoms with van der Waals surface area (Å²) in [6.45, 7) is 5.94. The molecule has 11 nitrogen and oxygen atoms in total. The van der Waals surface area contributed by atoms with E-state index in [4.69, 9.17) is 4.74 Å². The van der Waals surface area contributed by atoms with Gasteiger partial charge in [0, 0.05) is 35.3 Å². The molecule has 0 saturated heterocycles. The highest BCUT2D eigenvalue weighted by molar-refractivity contribution is 7.90.